The van der Waals surface area contributed by atoms with E-state index in [0.717, 1.165) is 12.8 Å². The first-order valence-corrected chi connectivity index (χ1v) is 7.89. The van der Waals surface area contributed by atoms with Crippen molar-refractivity contribution in [3.05, 3.63) is 0 Å². The number of sulfone groups is 1. The van der Waals surface area contributed by atoms with Crippen molar-refractivity contribution >= 4 is 15.7 Å². The van der Waals surface area contributed by atoms with Crippen molar-refractivity contribution < 1.29 is 13.2 Å². The Hall–Kier alpha value is -0.620. The Morgan fingerprint density at radius 2 is 1.82 bits per heavy atom. The molecule has 6 heteroatoms. The maximum Gasteiger partial charge on any atom is 0.240 e. The van der Waals surface area contributed by atoms with Gasteiger partial charge >= 0.3 is 0 Å². The monoisotopic (exact) mass is 260 g/mol. The van der Waals surface area contributed by atoms with Crippen LogP contribution in [0.25, 0.3) is 0 Å². The fourth-order valence-electron chi connectivity index (χ4n) is 2.74. The summed E-state index contributed by atoms with van der Waals surface area (Å²) in [6.45, 7) is 1.79. The number of hydrogen-bond acceptors (Lipinski definition) is 4. The van der Waals surface area contributed by atoms with Crippen LogP contribution in [0.1, 0.15) is 39.0 Å². The molecule has 0 bridgehead atoms. The molecular formula is C11H20N2O3S. The van der Waals surface area contributed by atoms with Gasteiger partial charge in [0.1, 0.15) is 0 Å². The summed E-state index contributed by atoms with van der Waals surface area (Å²) in [5.74, 6) is -0.00185. The van der Waals surface area contributed by atoms with Crippen LogP contribution in [0.5, 0.6) is 0 Å². The van der Waals surface area contributed by atoms with E-state index >= 15 is 0 Å². The third-order valence-corrected chi connectivity index (χ3v) is 5.77. The summed E-state index contributed by atoms with van der Waals surface area (Å²) in [6.07, 6.45) is 3.82. The SMILES string of the molecule is CC1(NC(=O)C2(N)CCCC2)CCS(=O)(=O)C1. The third-order valence-electron chi connectivity index (χ3n) is 3.87. The van der Waals surface area contributed by atoms with Gasteiger partial charge in [-0.2, -0.15) is 0 Å². The molecule has 2 fully saturated rings. The molecule has 1 saturated heterocycles. The normalized spacial score (nSPS) is 34.7. The molecule has 1 aliphatic carbocycles. The Bertz CT molecular complexity index is 426. The first kappa shape index (κ1) is 12.8. The van der Waals surface area contributed by atoms with E-state index in [9.17, 15) is 13.2 Å². The van der Waals surface area contributed by atoms with Crippen LogP contribution in [0.3, 0.4) is 0 Å². The summed E-state index contributed by atoms with van der Waals surface area (Å²) in [5.41, 5.74) is 4.63. The molecular weight excluding hydrogens is 240 g/mol. The lowest BCUT2D eigenvalue weighted by Crippen LogP contribution is -2.58. The van der Waals surface area contributed by atoms with Crippen molar-refractivity contribution in [1.29, 1.82) is 0 Å². The Morgan fingerprint density at radius 3 is 2.29 bits per heavy atom. The van der Waals surface area contributed by atoms with Gasteiger partial charge in [0.2, 0.25) is 5.91 Å². The molecule has 98 valence electrons. The highest BCUT2D eigenvalue weighted by atomic mass is 32.2. The second-order valence-electron chi connectivity index (χ2n) is 5.72. The molecule has 0 spiro atoms. The molecule has 0 radical (unpaired) electrons. The van der Waals surface area contributed by atoms with Gasteiger partial charge in [-0.05, 0) is 26.2 Å². The maximum absolute atomic E-state index is 12.1. The number of nitrogens with two attached hydrogens (primary N) is 1. The van der Waals surface area contributed by atoms with E-state index < -0.39 is 20.9 Å². The number of hydrogen-bond donors (Lipinski definition) is 2. The molecule has 1 atom stereocenters. The largest absolute Gasteiger partial charge is 0.348 e. The van der Waals surface area contributed by atoms with Gasteiger partial charge in [-0.25, -0.2) is 8.42 Å². The smallest absolute Gasteiger partial charge is 0.240 e. The predicted octanol–water partition coefficient (Wildman–Crippen LogP) is -0.0487. The highest BCUT2D eigenvalue weighted by Gasteiger charge is 2.44. The van der Waals surface area contributed by atoms with E-state index in [1.165, 1.54) is 0 Å². The summed E-state index contributed by atoms with van der Waals surface area (Å²) in [7, 11) is -3.00. The number of amides is 1. The van der Waals surface area contributed by atoms with Gasteiger partial charge in [-0.15, -0.1) is 0 Å². The minimum atomic E-state index is -3.00. The lowest BCUT2D eigenvalue weighted by Gasteiger charge is -2.30. The van der Waals surface area contributed by atoms with E-state index in [-0.39, 0.29) is 17.4 Å². The Balaban J connectivity index is 2.04. The molecule has 0 aromatic heterocycles. The molecule has 2 rings (SSSR count). The Kier molecular flexibility index (Phi) is 2.98. The van der Waals surface area contributed by atoms with E-state index in [1.54, 1.807) is 6.92 Å². The Labute approximate surface area is 102 Å². The van der Waals surface area contributed by atoms with Crippen LogP contribution in [0.15, 0.2) is 0 Å². The number of nitrogens with one attached hydrogen (secondary N) is 1. The van der Waals surface area contributed by atoms with Crippen molar-refractivity contribution in [2.24, 2.45) is 5.73 Å². The summed E-state index contributed by atoms with van der Waals surface area (Å²) in [5, 5.41) is 2.85. The molecule has 1 aliphatic heterocycles. The zero-order valence-electron chi connectivity index (χ0n) is 10.2. The van der Waals surface area contributed by atoms with Crippen molar-refractivity contribution in [3.63, 3.8) is 0 Å². The molecule has 2 aliphatic rings. The minimum absolute atomic E-state index is 0.0296. The van der Waals surface area contributed by atoms with Gasteiger partial charge in [-0.1, -0.05) is 12.8 Å². The summed E-state index contributed by atoms with van der Waals surface area (Å²) in [6, 6.07) is 0. The number of carbonyl (C=O) groups excluding carboxylic acids is 1. The van der Waals surface area contributed by atoms with Gasteiger partial charge in [0.15, 0.2) is 9.84 Å². The van der Waals surface area contributed by atoms with Crippen LogP contribution in [0.2, 0.25) is 0 Å². The first-order chi connectivity index (χ1) is 7.75. The van der Waals surface area contributed by atoms with E-state index in [2.05, 4.69) is 5.32 Å². The van der Waals surface area contributed by atoms with Crippen molar-refractivity contribution in [3.8, 4) is 0 Å². The standard InChI is InChI=1S/C11H20N2O3S/c1-10(6-7-17(15,16)8-10)13-9(14)11(12)4-2-3-5-11/h2-8,12H2,1H3,(H,13,14). The van der Waals surface area contributed by atoms with Crippen LogP contribution in [-0.4, -0.2) is 36.9 Å². The maximum atomic E-state index is 12.1. The molecule has 0 aromatic rings. The van der Waals surface area contributed by atoms with Crippen molar-refractivity contribution in [2.75, 3.05) is 11.5 Å². The van der Waals surface area contributed by atoms with Gasteiger partial charge in [0.25, 0.3) is 0 Å². The van der Waals surface area contributed by atoms with Crippen molar-refractivity contribution in [2.45, 2.75) is 50.1 Å². The van der Waals surface area contributed by atoms with Gasteiger partial charge in [0, 0.05) is 0 Å². The quantitative estimate of drug-likeness (QED) is 0.728. The predicted molar refractivity (Wildman–Crippen MR) is 65.2 cm³/mol. The summed E-state index contributed by atoms with van der Waals surface area (Å²) >= 11 is 0. The van der Waals surface area contributed by atoms with E-state index in [4.69, 9.17) is 5.73 Å². The molecule has 17 heavy (non-hydrogen) atoms. The first-order valence-electron chi connectivity index (χ1n) is 6.07. The van der Waals surface area contributed by atoms with Gasteiger partial charge in [-0.3, -0.25) is 4.79 Å². The van der Waals surface area contributed by atoms with Crippen molar-refractivity contribution in [1.82, 2.24) is 5.32 Å². The lowest BCUT2D eigenvalue weighted by atomic mass is 9.94. The molecule has 1 amide bonds. The average Bonchev–Trinajstić information content (AvgIpc) is 2.72. The zero-order valence-corrected chi connectivity index (χ0v) is 11.0. The molecule has 1 saturated carbocycles. The summed E-state index contributed by atoms with van der Waals surface area (Å²) in [4.78, 5) is 12.1. The Morgan fingerprint density at radius 1 is 1.24 bits per heavy atom. The second kappa shape index (κ2) is 3.95. The summed E-state index contributed by atoms with van der Waals surface area (Å²) < 4.78 is 22.9. The van der Waals surface area contributed by atoms with Crippen LogP contribution in [0.4, 0.5) is 0 Å². The zero-order chi connectivity index (χ0) is 12.7. The fourth-order valence-corrected chi connectivity index (χ4v) is 4.83. The lowest BCUT2D eigenvalue weighted by molar-refractivity contribution is -0.127. The molecule has 0 aromatic carbocycles. The van der Waals surface area contributed by atoms with E-state index in [1.807, 2.05) is 0 Å². The minimum Gasteiger partial charge on any atom is -0.348 e. The fraction of sp³-hybridized carbons (Fsp3) is 0.909. The van der Waals surface area contributed by atoms with E-state index in [0.29, 0.717) is 19.3 Å². The van der Waals surface area contributed by atoms with Gasteiger partial charge < -0.3 is 11.1 Å². The second-order valence-corrected chi connectivity index (χ2v) is 7.90. The molecule has 5 nitrogen and oxygen atoms in total. The van der Waals surface area contributed by atoms with Crippen LogP contribution in [0, 0.1) is 0 Å². The topological polar surface area (TPSA) is 89.3 Å². The van der Waals surface area contributed by atoms with Crippen LogP contribution < -0.4 is 11.1 Å². The third kappa shape index (κ3) is 2.63. The number of carbonyl (C=O) groups is 1. The average molecular weight is 260 g/mol. The molecule has 3 N–H and O–H groups in total. The van der Waals surface area contributed by atoms with Crippen LogP contribution >= 0.6 is 0 Å². The van der Waals surface area contributed by atoms with Gasteiger partial charge in [0.05, 0.1) is 22.6 Å². The number of rotatable bonds is 2. The van der Waals surface area contributed by atoms with Crippen LogP contribution in [-0.2, 0) is 14.6 Å². The molecule has 1 heterocycles. The highest BCUT2D eigenvalue weighted by molar-refractivity contribution is 7.91. The molecule has 1 unspecified atom stereocenters. The highest BCUT2D eigenvalue weighted by Crippen LogP contribution is 2.29.